The van der Waals surface area contributed by atoms with Gasteiger partial charge >= 0.3 is 0 Å². The summed E-state index contributed by atoms with van der Waals surface area (Å²) in [7, 11) is 0. The first kappa shape index (κ1) is 35.7. The summed E-state index contributed by atoms with van der Waals surface area (Å²) in [6.45, 7) is 4.72. The molecule has 0 amide bonds. The lowest BCUT2D eigenvalue weighted by atomic mass is 9.82. The fraction of sp³-hybridized carbons (Fsp3) is 0.0508. The number of fused-ring (bicyclic) bond motifs is 5. The number of rotatable bonds is 7. The number of nitrogens with zero attached hydrogens (tertiary/aromatic N) is 1. The molecule has 0 heterocycles. The van der Waals surface area contributed by atoms with E-state index in [4.69, 9.17) is 0 Å². The maximum Gasteiger partial charge on any atom is 0.0540 e. The minimum Gasteiger partial charge on any atom is -0.310 e. The summed E-state index contributed by atoms with van der Waals surface area (Å²) in [4.78, 5) is 2.46. The summed E-state index contributed by atoms with van der Waals surface area (Å²) in [6, 6.07) is 82.4. The summed E-state index contributed by atoms with van der Waals surface area (Å²) >= 11 is 0. The largest absolute Gasteiger partial charge is 0.310 e. The fourth-order valence-corrected chi connectivity index (χ4v) is 9.70. The lowest BCUT2D eigenvalue weighted by Crippen LogP contribution is -2.16. The van der Waals surface area contributed by atoms with Gasteiger partial charge in [-0.2, -0.15) is 0 Å². The Morgan fingerprint density at radius 2 is 0.833 bits per heavy atom. The van der Waals surface area contributed by atoms with Gasteiger partial charge in [0.15, 0.2) is 0 Å². The first-order valence-corrected chi connectivity index (χ1v) is 20.9. The predicted molar refractivity (Wildman–Crippen MR) is 255 cm³/mol. The molecule has 0 radical (unpaired) electrons. The van der Waals surface area contributed by atoms with Gasteiger partial charge in [-0.1, -0.05) is 208 Å². The third kappa shape index (κ3) is 5.93. The maximum atomic E-state index is 2.46. The Morgan fingerprint density at radius 1 is 0.317 bits per heavy atom. The second kappa shape index (κ2) is 14.4. The van der Waals surface area contributed by atoms with Gasteiger partial charge in [0.05, 0.1) is 5.69 Å². The highest BCUT2D eigenvalue weighted by Gasteiger charge is 2.36. The van der Waals surface area contributed by atoms with Crippen molar-refractivity contribution in [3.8, 4) is 55.6 Å². The Labute approximate surface area is 352 Å². The first-order valence-electron chi connectivity index (χ1n) is 20.9. The Hall–Kier alpha value is -7.48. The van der Waals surface area contributed by atoms with E-state index in [1.54, 1.807) is 0 Å². The van der Waals surface area contributed by atoms with Crippen LogP contribution >= 0.6 is 0 Å². The molecule has 0 saturated carbocycles. The molecule has 0 aromatic heterocycles. The van der Waals surface area contributed by atoms with Crippen LogP contribution < -0.4 is 4.90 Å². The van der Waals surface area contributed by atoms with Gasteiger partial charge in [0.25, 0.3) is 0 Å². The third-order valence-corrected chi connectivity index (χ3v) is 12.7. The van der Waals surface area contributed by atoms with E-state index in [1.807, 2.05) is 0 Å². The van der Waals surface area contributed by atoms with Crippen LogP contribution in [0.1, 0.15) is 25.0 Å². The van der Waals surface area contributed by atoms with E-state index >= 15 is 0 Å². The summed E-state index contributed by atoms with van der Waals surface area (Å²) < 4.78 is 0. The van der Waals surface area contributed by atoms with Crippen molar-refractivity contribution in [2.45, 2.75) is 19.3 Å². The maximum absolute atomic E-state index is 2.46. The van der Waals surface area contributed by atoms with Crippen molar-refractivity contribution >= 4 is 38.6 Å². The number of hydrogen-bond acceptors (Lipinski definition) is 1. The Balaban J connectivity index is 1.05. The standard InChI is InChI=1S/C59H43N/c1-59(2)55-27-10-8-22-51(55)52-38-37-47(39-56(52)59)60(46-35-33-41(34-36-46)40-29-31-44(32-30-40)49-24-12-18-42-17-6-7-21-48(42)49)57-28-11-9-23-53(57)54-26-14-20-45-19-13-25-50(58(45)54)43-15-4-3-5-16-43/h3-39H,1-2H3. The quantitative estimate of drug-likeness (QED) is 0.156. The van der Waals surface area contributed by atoms with E-state index in [2.05, 4.69) is 243 Å². The lowest BCUT2D eigenvalue weighted by molar-refractivity contribution is 0.660. The van der Waals surface area contributed by atoms with Crippen LogP contribution in [0.15, 0.2) is 224 Å². The van der Waals surface area contributed by atoms with Gasteiger partial charge in [0, 0.05) is 22.4 Å². The smallest absolute Gasteiger partial charge is 0.0540 e. The second-order valence-electron chi connectivity index (χ2n) is 16.5. The van der Waals surface area contributed by atoms with Gasteiger partial charge in [0.2, 0.25) is 0 Å². The molecule has 1 nitrogen and oxygen atoms in total. The molecule has 0 N–H and O–H groups in total. The number of benzene rings is 10. The van der Waals surface area contributed by atoms with Crippen LogP contribution in [0.5, 0.6) is 0 Å². The van der Waals surface area contributed by atoms with Gasteiger partial charge < -0.3 is 4.90 Å². The second-order valence-corrected chi connectivity index (χ2v) is 16.5. The topological polar surface area (TPSA) is 3.24 Å². The van der Waals surface area contributed by atoms with Crippen LogP contribution in [0.4, 0.5) is 17.1 Å². The predicted octanol–water partition coefficient (Wildman–Crippen LogP) is 16.4. The van der Waals surface area contributed by atoms with E-state index < -0.39 is 0 Å². The van der Waals surface area contributed by atoms with Crippen LogP contribution in [0, 0.1) is 0 Å². The van der Waals surface area contributed by atoms with Crippen LogP contribution in [0.25, 0.3) is 77.2 Å². The Kier molecular flexibility index (Phi) is 8.57. The highest BCUT2D eigenvalue weighted by Crippen LogP contribution is 2.52. The Morgan fingerprint density at radius 3 is 1.62 bits per heavy atom. The molecule has 11 rings (SSSR count). The van der Waals surface area contributed by atoms with Gasteiger partial charge in [-0.3, -0.25) is 0 Å². The number of anilines is 3. The third-order valence-electron chi connectivity index (χ3n) is 12.7. The summed E-state index contributed by atoms with van der Waals surface area (Å²) in [5, 5.41) is 5.01. The lowest BCUT2D eigenvalue weighted by Gasteiger charge is -2.30. The molecule has 0 bridgehead atoms. The minimum atomic E-state index is -0.130. The summed E-state index contributed by atoms with van der Waals surface area (Å²) in [5.41, 5.74) is 18.3. The van der Waals surface area contributed by atoms with Crippen LogP contribution in [0.2, 0.25) is 0 Å². The van der Waals surface area contributed by atoms with Crippen molar-refractivity contribution in [1.29, 1.82) is 0 Å². The molecule has 0 aliphatic heterocycles. The van der Waals surface area contributed by atoms with Crippen molar-refractivity contribution in [1.82, 2.24) is 0 Å². The molecule has 0 atom stereocenters. The molecule has 10 aromatic rings. The van der Waals surface area contributed by atoms with E-state index in [-0.39, 0.29) is 5.41 Å². The molecule has 284 valence electrons. The molecule has 10 aromatic carbocycles. The summed E-state index contributed by atoms with van der Waals surface area (Å²) in [5.74, 6) is 0. The molecular weight excluding hydrogens is 723 g/mol. The zero-order chi connectivity index (χ0) is 40.2. The monoisotopic (exact) mass is 765 g/mol. The number of hydrogen-bond donors (Lipinski definition) is 0. The molecule has 0 spiro atoms. The van der Waals surface area contributed by atoms with Gasteiger partial charge in [-0.25, -0.2) is 0 Å². The molecule has 60 heavy (non-hydrogen) atoms. The number of para-hydroxylation sites is 1. The van der Waals surface area contributed by atoms with Crippen molar-refractivity contribution in [2.24, 2.45) is 0 Å². The minimum absolute atomic E-state index is 0.130. The zero-order valence-electron chi connectivity index (χ0n) is 33.8. The van der Waals surface area contributed by atoms with Crippen molar-refractivity contribution in [2.75, 3.05) is 4.90 Å². The molecule has 0 unspecified atom stereocenters. The van der Waals surface area contributed by atoms with E-state index in [9.17, 15) is 0 Å². The first-order chi connectivity index (χ1) is 29.5. The van der Waals surface area contributed by atoms with Gasteiger partial charge in [-0.15, -0.1) is 0 Å². The molecule has 1 aliphatic carbocycles. The fourth-order valence-electron chi connectivity index (χ4n) is 9.70. The highest BCUT2D eigenvalue weighted by atomic mass is 15.1. The molecular formula is C59H43N. The molecule has 0 saturated heterocycles. The van der Waals surface area contributed by atoms with Crippen LogP contribution in [-0.4, -0.2) is 0 Å². The van der Waals surface area contributed by atoms with Crippen LogP contribution in [-0.2, 0) is 5.41 Å². The van der Waals surface area contributed by atoms with Crippen molar-refractivity contribution < 1.29 is 0 Å². The van der Waals surface area contributed by atoms with E-state index in [0.717, 1.165) is 17.1 Å². The summed E-state index contributed by atoms with van der Waals surface area (Å²) in [6.07, 6.45) is 0. The SMILES string of the molecule is CC1(C)c2ccccc2-c2ccc(N(c3ccc(-c4ccc(-c5cccc6ccccc56)cc4)cc3)c3ccccc3-c3cccc4cccc(-c5ccccc5)c34)cc21. The van der Waals surface area contributed by atoms with Crippen LogP contribution in [0.3, 0.4) is 0 Å². The normalized spacial score (nSPS) is 12.6. The van der Waals surface area contributed by atoms with E-state index in [0.29, 0.717) is 0 Å². The van der Waals surface area contributed by atoms with Gasteiger partial charge in [0.1, 0.15) is 0 Å². The highest BCUT2D eigenvalue weighted by molar-refractivity contribution is 6.09. The average molecular weight is 766 g/mol. The average Bonchev–Trinajstić information content (AvgIpc) is 3.54. The van der Waals surface area contributed by atoms with Crippen molar-refractivity contribution in [3.05, 3.63) is 236 Å². The van der Waals surface area contributed by atoms with Gasteiger partial charge in [-0.05, 0) is 113 Å². The molecule has 1 aliphatic rings. The van der Waals surface area contributed by atoms with Crippen molar-refractivity contribution in [3.63, 3.8) is 0 Å². The Bertz CT molecular complexity index is 3200. The molecule has 1 heteroatoms. The van der Waals surface area contributed by atoms with E-state index in [1.165, 1.54) is 88.3 Å². The zero-order valence-corrected chi connectivity index (χ0v) is 33.8. The molecule has 0 fully saturated rings.